The Hall–Kier alpha value is -1.93. The van der Waals surface area contributed by atoms with E-state index in [1.54, 1.807) is 18.7 Å². The normalized spacial score (nSPS) is 17.8. The Bertz CT molecular complexity index is 601. The summed E-state index contributed by atoms with van der Waals surface area (Å²) < 4.78 is 0. The van der Waals surface area contributed by atoms with Gasteiger partial charge in [0.15, 0.2) is 11.3 Å². The quantitative estimate of drug-likeness (QED) is 0.904. The SMILES string of the molecule is CCN1C(C)=C(C(C)=O)SC1Nc1ccc(CC#N)cc1. The molecule has 0 fully saturated rings. The van der Waals surface area contributed by atoms with Crippen molar-refractivity contribution in [1.29, 1.82) is 5.26 Å². The number of hydrogen-bond donors (Lipinski definition) is 1. The second-order valence-electron chi connectivity index (χ2n) is 4.90. The van der Waals surface area contributed by atoms with Crippen molar-refractivity contribution < 1.29 is 4.79 Å². The van der Waals surface area contributed by atoms with Gasteiger partial charge < -0.3 is 10.2 Å². The summed E-state index contributed by atoms with van der Waals surface area (Å²) in [5, 5.41) is 12.1. The van der Waals surface area contributed by atoms with Crippen LogP contribution < -0.4 is 5.32 Å². The molecule has 1 aromatic rings. The Morgan fingerprint density at radius 3 is 2.62 bits per heavy atom. The maximum atomic E-state index is 11.7. The molecule has 110 valence electrons. The summed E-state index contributed by atoms with van der Waals surface area (Å²) >= 11 is 1.56. The van der Waals surface area contributed by atoms with Crippen LogP contribution in [0.5, 0.6) is 0 Å². The summed E-state index contributed by atoms with van der Waals surface area (Å²) in [4.78, 5) is 14.7. The average molecular weight is 301 g/mol. The molecular formula is C16H19N3OS. The number of hydrogen-bond acceptors (Lipinski definition) is 5. The van der Waals surface area contributed by atoms with Gasteiger partial charge in [-0.15, -0.1) is 0 Å². The lowest BCUT2D eigenvalue weighted by atomic mass is 10.1. The van der Waals surface area contributed by atoms with Crippen LogP contribution in [0.25, 0.3) is 0 Å². The zero-order valence-electron chi connectivity index (χ0n) is 12.5. The molecule has 1 aliphatic rings. The molecule has 1 unspecified atom stereocenters. The maximum absolute atomic E-state index is 11.7. The van der Waals surface area contributed by atoms with Gasteiger partial charge in [-0.1, -0.05) is 23.9 Å². The molecule has 1 atom stereocenters. The second kappa shape index (κ2) is 6.68. The molecule has 0 bridgehead atoms. The number of nitriles is 1. The monoisotopic (exact) mass is 301 g/mol. The van der Waals surface area contributed by atoms with Gasteiger partial charge in [0, 0.05) is 17.9 Å². The third-order valence-corrected chi connectivity index (χ3v) is 4.87. The fourth-order valence-electron chi connectivity index (χ4n) is 2.37. The van der Waals surface area contributed by atoms with Crippen LogP contribution in [-0.2, 0) is 11.2 Å². The van der Waals surface area contributed by atoms with Gasteiger partial charge in [-0.05, 0) is 38.5 Å². The highest BCUT2D eigenvalue weighted by atomic mass is 32.2. The predicted molar refractivity (Wildman–Crippen MR) is 86.5 cm³/mol. The summed E-state index contributed by atoms with van der Waals surface area (Å²) in [6.45, 7) is 6.53. The highest BCUT2D eigenvalue weighted by molar-refractivity contribution is 8.04. The van der Waals surface area contributed by atoms with Crippen LogP contribution in [0.1, 0.15) is 26.3 Å². The molecular weight excluding hydrogens is 282 g/mol. The number of anilines is 1. The van der Waals surface area contributed by atoms with E-state index in [-0.39, 0.29) is 11.3 Å². The smallest absolute Gasteiger partial charge is 0.168 e. The predicted octanol–water partition coefficient (Wildman–Crippen LogP) is 3.34. The molecule has 0 saturated carbocycles. The molecule has 2 rings (SSSR count). The molecule has 0 amide bonds. The Kier molecular flexibility index (Phi) is 4.92. The number of rotatable bonds is 5. The van der Waals surface area contributed by atoms with Crippen LogP contribution in [0, 0.1) is 11.3 Å². The van der Waals surface area contributed by atoms with Crippen molar-refractivity contribution in [2.45, 2.75) is 32.7 Å². The van der Waals surface area contributed by atoms with Crippen molar-refractivity contribution in [3.8, 4) is 6.07 Å². The molecule has 1 aromatic carbocycles. The molecule has 0 saturated heterocycles. The fraction of sp³-hybridized carbons (Fsp3) is 0.375. The summed E-state index contributed by atoms with van der Waals surface area (Å²) in [7, 11) is 0. The Morgan fingerprint density at radius 2 is 2.10 bits per heavy atom. The van der Waals surface area contributed by atoms with Crippen molar-refractivity contribution >= 4 is 23.2 Å². The molecule has 5 heteroatoms. The van der Waals surface area contributed by atoms with Crippen LogP contribution in [0.15, 0.2) is 34.9 Å². The average Bonchev–Trinajstić information content (AvgIpc) is 2.77. The minimum absolute atomic E-state index is 0.0377. The largest absolute Gasteiger partial charge is 0.356 e. The van der Waals surface area contributed by atoms with Crippen molar-refractivity contribution in [2.75, 3.05) is 11.9 Å². The van der Waals surface area contributed by atoms with E-state index in [4.69, 9.17) is 5.26 Å². The molecule has 0 aromatic heterocycles. The number of nitrogens with zero attached hydrogens (tertiary/aromatic N) is 2. The number of carbonyl (C=O) groups excluding carboxylic acids is 1. The van der Waals surface area contributed by atoms with Crippen molar-refractivity contribution in [2.24, 2.45) is 0 Å². The third kappa shape index (κ3) is 3.40. The van der Waals surface area contributed by atoms with Crippen LogP contribution in [0.4, 0.5) is 5.69 Å². The minimum Gasteiger partial charge on any atom is -0.356 e. The number of carbonyl (C=O) groups is 1. The van der Waals surface area contributed by atoms with Crippen LogP contribution in [0.3, 0.4) is 0 Å². The van der Waals surface area contributed by atoms with Crippen molar-refractivity contribution in [3.05, 3.63) is 40.4 Å². The zero-order valence-corrected chi connectivity index (χ0v) is 13.3. The van der Waals surface area contributed by atoms with E-state index in [0.29, 0.717) is 6.42 Å². The van der Waals surface area contributed by atoms with E-state index in [1.807, 2.05) is 31.2 Å². The van der Waals surface area contributed by atoms with E-state index in [2.05, 4.69) is 23.2 Å². The summed E-state index contributed by atoms with van der Waals surface area (Å²) in [6, 6.07) is 9.99. The van der Waals surface area contributed by atoms with Gasteiger partial charge in [0.2, 0.25) is 0 Å². The van der Waals surface area contributed by atoms with Gasteiger partial charge in [0.1, 0.15) is 0 Å². The summed E-state index contributed by atoms with van der Waals surface area (Å²) in [5.74, 6) is 0.115. The molecule has 0 aliphatic carbocycles. The molecule has 4 nitrogen and oxygen atoms in total. The first-order valence-corrected chi connectivity index (χ1v) is 7.82. The number of thioether (sulfide) groups is 1. The molecule has 1 aliphatic heterocycles. The molecule has 0 spiro atoms. The number of benzene rings is 1. The van der Waals surface area contributed by atoms with Crippen molar-refractivity contribution in [3.63, 3.8) is 0 Å². The van der Waals surface area contributed by atoms with E-state index in [0.717, 1.165) is 28.4 Å². The Morgan fingerprint density at radius 1 is 1.43 bits per heavy atom. The van der Waals surface area contributed by atoms with E-state index in [1.165, 1.54) is 0 Å². The standard InChI is InChI=1S/C16H19N3OS/c1-4-19-11(2)15(12(3)20)21-16(19)18-14-7-5-13(6-8-14)9-10-17/h5-8,16,18H,4,9H2,1-3H3. The van der Waals surface area contributed by atoms with E-state index < -0.39 is 0 Å². The topological polar surface area (TPSA) is 56.1 Å². The third-order valence-electron chi connectivity index (χ3n) is 3.46. The van der Waals surface area contributed by atoms with Crippen LogP contribution in [-0.4, -0.2) is 22.7 Å². The molecule has 1 heterocycles. The molecule has 1 N–H and O–H groups in total. The highest BCUT2D eigenvalue weighted by Crippen LogP contribution is 2.38. The molecule has 0 radical (unpaired) electrons. The lowest BCUT2D eigenvalue weighted by Gasteiger charge is -2.27. The fourth-order valence-corrected chi connectivity index (χ4v) is 3.67. The van der Waals surface area contributed by atoms with Crippen LogP contribution in [0.2, 0.25) is 0 Å². The lowest BCUT2D eigenvalue weighted by molar-refractivity contribution is -0.113. The summed E-state index contributed by atoms with van der Waals surface area (Å²) in [6.07, 6.45) is 0.425. The van der Waals surface area contributed by atoms with Gasteiger partial charge in [-0.3, -0.25) is 4.79 Å². The van der Waals surface area contributed by atoms with Gasteiger partial charge in [-0.25, -0.2) is 0 Å². The van der Waals surface area contributed by atoms with Gasteiger partial charge in [0.05, 0.1) is 17.4 Å². The van der Waals surface area contributed by atoms with Gasteiger partial charge >= 0.3 is 0 Å². The Labute approximate surface area is 129 Å². The number of ketones is 1. The van der Waals surface area contributed by atoms with Gasteiger partial charge in [-0.2, -0.15) is 5.26 Å². The second-order valence-corrected chi connectivity index (χ2v) is 5.99. The first kappa shape index (κ1) is 15.5. The van der Waals surface area contributed by atoms with E-state index >= 15 is 0 Å². The number of allylic oxidation sites excluding steroid dienone is 2. The van der Waals surface area contributed by atoms with Crippen molar-refractivity contribution in [1.82, 2.24) is 4.90 Å². The number of Topliss-reactive ketones (excluding diaryl/α,β-unsaturated/α-hetero) is 1. The first-order chi connectivity index (χ1) is 10.1. The summed E-state index contributed by atoms with van der Waals surface area (Å²) in [5.41, 5.74) is 3.07. The Balaban J connectivity index is 2.10. The molecule has 21 heavy (non-hydrogen) atoms. The maximum Gasteiger partial charge on any atom is 0.168 e. The highest BCUT2D eigenvalue weighted by Gasteiger charge is 2.31. The zero-order chi connectivity index (χ0) is 15.4. The van der Waals surface area contributed by atoms with Crippen LogP contribution >= 0.6 is 11.8 Å². The number of nitrogens with one attached hydrogen (secondary N) is 1. The minimum atomic E-state index is 0.0377. The van der Waals surface area contributed by atoms with Gasteiger partial charge in [0.25, 0.3) is 0 Å². The van der Waals surface area contributed by atoms with E-state index in [9.17, 15) is 4.79 Å². The first-order valence-electron chi connectivity index (χ1n) is 6.94. The lowest BCUT2D eigenvalue weighted by Crippen LogP contribution is -2.33.